The highest BCUT2D eigenvalue weighted by molar-refractivity contribution is 5.75. The number of aliphatic carboxylic acids is 1. The molecule has 3 nitrogen and oxygen atoms in total. The van der Waals surface area contributed by atoms with E-state index >= 15 is 0 Å². The molecule has 0 amide bonds. The van der Waals surface area contributed by atoms with Gasteiger partial charge in [-0.15, -0.1) is 0 Å². The summed E-state index contributed by atoms with van der Waals surface area (Å²) in [5.41, 5.74) is -0.859. The van der Waals surface area contributed by atoms with Gasteiger partial charge in [-0.05, 0) is 33.1 Å². The predicted molar refractivity (Wildman–Crippen MR) is 54.2 cm³/mol. The number of methoxy groups -OCH3 is 1. The van der Waals surface area contributed by atoms with E-state index in [0.717, 1.165) is 25.7 Å². The van der Waals surface area contributed by atoms with E-state index in [1.165, 1.54) is 0 Å². The topological polar surface area (TPSA) is 46.5 Å². The van der Waals surface area contributed by atoms with Gasteiger partial charge in [0.15, 0.2) is 0 Å². The fraction of sp³-hybridized carbons (Fsp3) is 0.909. The van der Waals surface area contributed by atoms with Gasteiger partial charge >= 0.3 is 5.97 Å². The molecule has 0 unspecified atom stereocenters. The fourth-order valence-electron chi connectivity index (χ4n) is 2.41. The summed E-state index contributed by atoms with van der Waals surface area (Å²) in [4.78, 5) is 11.3. The normalized spacial score (nSPS) is 21.1. The van der Waals surface area contributed by atoms with Gasteiger partial charge in [-0.3, -0.25) is 4.79 Å². The van der Waals surface area contributed by atoms with Crippen molar-refractivity contribution >= 4 is 5.97 Å². The minimum atomic E-state index is -0.653. The van der Waals surface area contributed by atoms with Crippen LogP contribution in [-0.2, 0) is 9.53 Å². The molecule has 0 spiro atoms. The second-order valence-electron chi connectivity index (χ2n) is 4.93. The van der Waals surface area contributed by atoms with E-state index in [1.807, 2.05) is 13.8 Å². The van der Waals surface area contributed by atoms with Crippen molar-refractivity contribution in [2.75, 3.05) is 7.11 Å². The summed E-state index contributed by atoms with van der Waals surface area (Å²) in [5.74, 6) is -0.653. The summed E-state index contributed by atoms with van der Waals surface area (Å²) in [7, 11) is 1.64. The molecule has 3 heteroatoms. The van der Waals surface area contributed by atoms with Gasteiger partial charge in [0.25, 0.3) is 0 Å². The molecule has 1 aliphatic carbocycles. The summed E-state index contributed by atoms with van der Waals surface area (Å²) in [6.07, 6.45) is 4.29. The first kappa shape index (κ1) is 11.5. The number of carboxylic acid groups (broad SMARTS) is 1. The Bertz CT molecular complexity index is 215. The van der Waals surface area contributed by atoms with Crippen LogP contribution < -0.4 is 0 Å². The molecule has 0 heterocycles. The van der Waals surface area contributed by atoms with Crippen molar-refractivity contribution in [3.05, 3.63) is 0 Å². The van der Waals surface area contributed by atoms with Crippen LogP contribution in [0.3, 0.4) is 0 Å². The predicted octanol–water partition coefficient (Wildman–Crippen LogP) is 2.45. The maximum Gasteiger partial charge on any atom is 0.309 e. The van der Waals surface area contributed by atoms with Gasteiger partial charge in [0.05, 0.1) is 11.0 Å². The van der Waals surface area contributed by atoms with Crippen LogP contribution in [0, 0.1) is 5.41 Å². The first-order valence-corrected chi connectivity index (χ1v) is 5.20. The highest BCUT2D eigenvalue weighted by atomic mass is 16.5. The van der Waals surface area contributed by atoms with E-state index in [4.69, 9.17) is 4.74 Å². The van der Waals surface area contributed by atoms with E-state index in [9.17, 15) is 9.90 Å². The Labute approximate surface area is 85.5 Å². The minimum Gasteiger partial charge on any atom is -0.481 e. The summed E-state index contributed by atoms with van der Waals surface area (Å²) in [6.45, 7) is 3.91. The highest BCUT2D eigenvalue weighted by Crippen LogP contribution is 2.44. The highest BCUT2D eigenvalue weighted by Gasteiger charge is 2.45. The zero-order chi connectivity index (χ0) is 10.8. The van der Waals surface area contributed by atoms with Crippen molar-refractivity contribution in [2.24, 2.45) is 5.41 Å². The third-order valence-electron chi connectivity index (χ3n) is 3.33. The van der Waals surface area contributed by atoms with E-state index in [-0.39, 0.29) is 5.60 Å². The Balaban J connectivity index is 2.75. The molecule has 0 bridgehead atoms. The van der Waals surface area contributed by atoms with E-state index in [1.54, 1.807) is 7.11 Å². The molecule has 82 valence electrons. The van der Waals surface area contributed by atoms with Crippen LogP contribution in [0.2, 0.25) is 0 Å². The number of carboxylic acids is 1. The van der Waals surface area contributed by atoms with Crippen LogP contribution in [0.1, 0.15) is 46.0 Å². The van der Waals surface area contributed by atoms with Gasteiger partial charge in [-0.25, -0.2) is 0 Å². The SMILES string of the molecule is COC(C)(C)CC1(C(=O)O)CCCC1. The summed E-state index contributed by atoms with van der Waals surface area (Å²) in [6, 6.07) is 0. The number of ether oxygens (including phenoxy) is 1. The van der Waals surface area contributed by atoms with Gasteiger partial charge in [0, 0.05) is 7.11 Å². The van der Waals surface area contributed by atoms with Crippen molar-refractivity contribution in [1.82, 2.24) is 0 Å². The number of rotatable bonds is 4. The molecule has 0 saturated heterocycles. The van der Waals surface area contributed by atoms with Crippen molar-refractivity contribution in [2.45, 2.75) is 51.6 Å². The summed E-state index contributed by atoms with van der Waals surface area (Å²) < 4.78 is 5.31. The first-order valence-electron chi connectivity index (χ1n) is 5.20. The Morgan fingerprint density at radius 3 is 2.29 bits per heavy atom. The number of carbonyl (C=O) groups is 1. The van der Waals surface area contributed by atoms with Gasteiger partial charge in [-0.1, -0.05) is 12.8 Å². The van der Waals surface area contributed by atoms with E-state index in [2.05, 4.69) is 0 Å². The van der Waals surface area contributed by atoms with Crippen LogP contribution in [-0.4, -0.2) is 23.8 Å². The first-order chi connectivity index (χ1) is 6.42. The molecular weight excluding hydrogens is 180 g/mol. The third kappa shape index (κ3) is 2.27. The number of hydrogen-bond acceptors (Lipinski definition) is 2. The lowest BCUT2D eigenvalue weighted by molar-refractivity contribution is -0.153. The largest absolute Gasteiger partial charge is 0.481 e. The van der Waals surface area contributed by atoms with Crippen molar-refractivity contribution in [3.8, 4) is 0 Å². The van der Waals surface area contributed by atoms with Crippen molar-refractivity contribution < 1.29 is 14.6 Å². The zero-order valence-electron chi connectivity index (χ0n) is 9.30. The molecule has 1 rings (SSSR count). The lowest BCUT2D eigenvalue weighted by Crippen LogP contribution is -2.37. The molecule has 0 radical (unpaired) electrons. The standard InChI is InChI=1S/C11H20O3/c1-10(2,14-3)8-11(9(12)13)6-4-5-7-11/h4-8H2,1-3H3,(H,12,13). The van der Waals surface area contributed by atoms with Crippen molar-refractivity contribution in [3.63, 3.8) is 0 Å². The van der Waals surface area contributed by atoms with Gasteiger partial charge < -0.3 is 9.84 Å². The maximum atomic E-state index is 11.3. The molecule has 0 aromatic carbocycles. The average molecular weight is 200 g/mol. The fourth-order valence-corrected chi connectivity index (χ4v) is 2.41. The molecule has 0 aromatic heterocycles. The van der Waals surface area contributed by atoms with Crippen LogP contribution in [0.15, 0.2) is 0 Å². The molecule has 0 atom stereocenters. The van der Waals surface area contributed by atoms with Crippen LogP contribution in [0.5, 0.6) is 0 Å². The van der Waals surface area contributed by atoms with E-state index < -0.39 is 11.4 Å². The van der Waals surface area contributed by atoms with Gasteiger partial charge in [0.1, 0.15) is 0 Å². The maximum absolute atomic E-state index is 11.3. The molecule has 0 aromatic rings. The quantitative estimate of drug-likeness (QED) is 0.758. The molecule has 0 aliphatic heterocycles. The lowest BCUT2D eigenvalue weighted by Gasteiger charge is -2.33. The van der Waals surface area contributed by atoms with Crippen LogP contribution >= 0.6 is 0 Å². The molecule has 1 fully saturated rings. The monoisotopic (exact) mass is 200 g/mol. The smallest absolute Gasteiger partial charge is 0.309 e. The Hall–Kier alpha value is -0.570. The average Bonchev–Trinajstić information content (AvgIpc) is 2.53. The Morgan fingerprint density at radius 1 is 1.43 bits per heavy atom. The Morgan fingerprint density at radius 2 is 1.93 bits per heavy atom. The van der Waals surface area contributed by atoms with Crippen molar-refractivity contribution in [1.29, 1.82) is 0 Å². The van der Waals surface area contributed by atoms with Crippen LogP contribution in [0.4, 0.5) is 0 Å². The second-order valence-corrected chi connectivity index (χ2v) is 4.93. The third-order valence-corrected chi connectivity index (χ3v) is 3.33. The lowest BCUT2D eigenvalue weighted by atomic mass is 9.77. The number of hydrogen-bond donors (Lipinski definition) is 1. The van der Waals surface area contributed by atoms with Gasteiger partial charge in [0.2, 0.25) is 0 Å². The summed E-state index contributed by atoms with van der Waals surface area (Å²) in [5, 5.41) is 9.27. The molecule has 1 N–H and O–H groups in total. The zero-order valence-corrected chi connectivity index (χ0v) is 9.30. The molecule has 1 aliphatic rings. The molecule has 1 saturated carbocycles. The van der Waals surface area contributed by atoms with Crippen LogP contribution in [0.25, 0.3) is 0 Å². The summed E-state index contributed by atoms with van der Waals surface area (Å²) >= 11 is 0. The molecule has 14 heavy (non-hydrogen) atoms. The van der Waals surface area contributed by atoms with E-state index in [0.29, 0.717) is 6.42 Å². The Kier molecular flexibility index (Phi) is 3.20. The minimum absolute atomic E-state index is 0.331. The second kappa shape index (κ2) is 3.89. The molecular formula is C11H20O3. The van der Waals surface area contributed by atoms with Gasteiger partial charge in [-0.2, -0.15) is 0 Å².